The Morgan fingerprint density at radius 3 is 2.91 bits per heavy atom. The molecule has 1 aromatic carbocycles. The van der Waals surface area contributed by atoms with Gasteiger partial charge in [0.2, 0.25) is 5.91 Å². The number of carbonyl (C=O) groups excluding carboxylic acids is 2. The van der Waals surface area contributed by atoms with Gasteiger partial charge in [-0.05, 0) is 30.3 Å². The van der Waals surface area contributed by atoms with Gasteiger partial charge in [0.25, 0.3) is 0 Å². The molecule has 6 heteroatoms. The Morgan fingerprint density at radius 2 is 2.22 bits per heavy atom. The molecule has 3 rings (SSSR count). The van der Waals surface area contributed by atoms with Crippen LogP contribution in [-0.4, -0.2) is 28.9 Å². The fourth-order valence-electron chi connectivity index (χ4n) is 2.43. The Morgan fingerprint density at radius 1 is 1.35 bits per heavy atom. The maximum atomic E-state index is 12.2. The first-order valence-electron chi connectivity index (χ1n) is 7.04. The SMILES string of the molecule is COc1ccc2c(c1)c(C=O)cn2CC(=O)Nc1ccccn1. The molecule has 6 nitrogen and oxygen atoms in total. The normalized spacial score (nSPS) is 10.5. The first-order chi connectivity index (χ1) is 11.2. The molecule has 0 aliphatic rings. The molecule has 0 aliphatic heterocycles. The summed E-state index contributed by atoms with van der Waals surface area (Å²) in [6.07, 6.45) is 4.04. The highest BCUT2D eigenvalue weighted by atomic mass is 16.5. The van der Waals surface area contributed by atoms with Gasteiger partial charge >= 0.3 is 0 Å². The number of hydrogen-bond acceptors (Lipinski definition) is 4. The van der Waals surface area contributed by atoms with Gasteiger partial charge in [-0.3, -0.25) is 9.59 Å². The van der Waals surface area contributed by atoms with Crippen molar-refractivity contribution in [2.75, 3.05) is 12.4 Å². The van der Waals surface area contributed by atoms with E-state index in [1.807, 2.05) is 6.07 Å². The van der Waals surface area contributed by atoms with Crippen molar-refractivity contribution >= 4 is 28.9 Å². The van der Waals surface area contributed by atoms with Gasteiger partial charge in [-0.1, -0.05) is 6.07 Å². The predicted molar refractivity (Wildman–Crippen MR) is 86.7 cm³/mol. The van der Waals surface area contributed by atoms with E-state index in [2.05, 4.69) is 10.3 Å². The number of pyridine rings is 1. The van der Waals surface area contributed by atoms with Crippen molar-refractivity contribution in [1.82, 2.24) is 9.55 Å². The van der Waals surface area contributed by atoms with E-state index in [4.69, 9.17) is 4.74 Å². The summed E-state index contributed by atoms with van der Waals surface area (Å²) in [5.74, 6) is 0.941. The van der Waals surface area contributed by atoms with Crippen LogP contribution in [0.4, 0.5) is 5.82 Å². The molecule has 0 saturated carbocycles. The highest BCUT2D eigenvalue weighted by Crippen LogP contribution is 2.25. The fraction of sp³-hybridized carbons (Fsp3) is 0.118. The van der Waals surface area contributed by atoms with Crippen LogP contribution in [0, 0.1) is 0 Å². The first-order valence-corrected chi connectivity index (χ1v) is 7.04. The second-order valence-corrected chi connectivity index (χ2v) is 4.98. The van der Waals surface area contributed by atoms with Gasteiger partial charge in [0.15, 0.2) is 6.29 Å². The number of hydrogen-bond donors (Lipinski definition) is 1. The van der Waals surface area contributed by atoms with Crippen LogP contribution in [0.5, 0.6) is 5.75 Å². The van der Waals surface area contributed by atoms with Crippen LogP contribution in [0.2, 0.25) is 0 Å². The van der Waals surface area contributed by atoms with E-state index in [9.17, 15) is 9.59 Å². The molecule has 2 aromatic heterocycles. The molecule has 0 radical (unpaired) electrons. The molecule has 23 heavy (non-hydrogen) atoms. The summed E-state index contributed by atoms with van der Waals surface area (Å²) in [6.45, 7) is 0.0905. The molecular formula is C17H15N3O3. The number of carbonyl (C=O) groups is 2. The van der Waals surface area contributed by atoms with E-state index < -0.39 is 0 Å². The predicted octanol–water partition coefficient (Wildman–Crippen LogP) is 2.50. The number of ether oxygens (including phenoxy) is 1. The summed E-state index contributed by atoms with van der Waals surface area (Å²) in [5.41, 5.74) is 1.31. The number of rotatable bonds is 5. The molecular weight excluding hydrogens is 294 g/mol. The second-order valence-electron chi connectivity index (χ2n) is 4.98. The molecule has 0 spiro atoms. The number of nitrogens with one attached hydrogen (secondary N) is 1. The lowest BCUT2D eigenvalue weighted by atomic mass is 10.2. The molecule has 0 saturated heterocycles. The molecule has 1 N–H and O–H groups in total. The largest absolute Gasteiger partial charge is 0.497 e. The quantitative estimate of drug-likeness (QED) is 0.735. The third-order valence-electron chi connectivity index (χ3n) is 3.49. The molecule has 116 valence electrons. The van der Waals surface area contributed by atoms with Crippen LogP contribution in [0.1, 0.15) is 10.4 Å². The van der Waals surface area contributed by atoms with Crippen LogP contribution in [-0.2, 0) is 11.3 Å². The third kappa shape index (κ3) is 3.06. The summed E-state index contributed by atoms with van der Waals surface area (Å²) in [4.78, 5) is 27.5. The van der Waals surface area contributed by atoms with Crippen molar-refractivity contribution in [3.63, 3.8) is 0 Å². The van der Waals surface area contributed by atoms with E-state index >= 15 is 0 Å². The Kier molecular flexibility index (Phi) is 4.05. The lowest BCUT2D eigenvalue weighted by Gasteiger charge is -2.07. The van der Waals surface area contributed by atoms with Gasteiger partial charge in [0.05, 0.1) is 7.11 Å². The third-order valence-corrected chi connectivity index (χ3v) is 3.49. The first kappa shape index (κ1) is 14.8. The highest BCUT2D eigenvalue weighted by molar-refractivity contribution is 5.99. The zero-order valence-electron chi connectivity index (χ0n) is 12.5. The number of amides is 1. The minimum Gasteiger partial charge on any atom is -0.497 e. The number of methoxy groups -OCH3 is 1. The number of nitrogens with zero attached hydrogens (tertiary/aromatic N) is 2. The van der Waals surface area contributed by atoms with Crippen LogP contribution in [0.3, 0.4) is 0 Å². The fourth-order valence-corrected chi connectivity index (χ4v) is 2.43. The summed E-state index contributed by atoms with van der Waals surface area (Å²) < 4.78 is 6.91. The molecule has 0 fully saturated rings. The van der Waals surface area contributed by atoms with Crippen LogP contribution in [0.25, 0.3) is 10.9 Å². The van der Waals surface area contributed by atoms with Gasteiger partial charge in [0.1, 0.15) is 18.1 Å². The van der Waals surface area contributed by atoms with Crippen molar-refractivity contribution < 1.29 is 14.3 Å². The zero-order valence-corrected chi connectivity index (χ0v) is 12.5. The van der Waals surface area contributed by atoms with Crippen molar-refractivity contribution in [3.8, 4) is 5.75 Å². The minimum absolute atomic E-state index is 0.0905. The Hall–Kier alpha value is -3.15. The van der Waals surface area contributed by atoms with Crippen LogP contribution >= 0.6 is 0 Å². The molecule has 0 aliphatic carbocycles. The lowest BCUT2D eigenvalue weighted by Crippen LogP contribution is -2.18. The lowest BCUT2D eigenvalue weighted by molar-refractivity contribution is -0.116. The Balaban J connectivity index is 1.88. The van der Waals surface area contributed by atoms with Gasteiger partial charge in [-0.2, -0.15) is 0 Å². The smallest absolute Gasteiger partial charge is 0.245 e. The summed E-state index contributed by atoms with van der Waals surface area (Å²) in [7, 11) is 1.57. The zero-order chi connectivity index (χ0) is 16.2. The number of aromatic nitrogens is 2. The minimum atomic E-state index is -0.214. The maximum absolute atomic E-state index is 12.2. The van der Waals surface area contributed by atoms with E-state index in [0.29, 0.717) is 17.1 Å². The van der Waals surface area contributed by atoms with E-state index in [1.165, 1.54) is 0 Å². The average molecular weight is 309 g/mol. The molecule has 0 atom stereocenters. The number of benzene rings is 1. The van der Waals surface area contributed by atoms with E-state index in [-0.39, 0.29) is 12.5 Å². The van der Waals surface area contributed by atoms with Gasteiger partial charge < -0.3 is 14.6 Å². The van der Waals surface area contributed by atoms with Crippen LogP contribution in [0.15, 0.2) is 48.8 Å². The number of aldehydes is 1. The Labute approximate surface area is 132 Å². The second kappa shape index (κ2) is 6.31. The summed E-state index contributed by atoms with van der Waals surface area (Å²) in [6, 6.07) is 10.7. The van der Waals surface area contributed by atoms with E-state index in [0.717, 1.165) is 17.2 Å². The molecule has 0 unspecified atom stereocenters. The number of anilines is 1. The molecule has 1 amide bonds. The van der Waals surface area contributed by atoms with Crippen molar-refractivity contribution in [3.05, 3.63) is 54.4 Å². The molecule has 3 aromatic rings. The number of fused-ring (bicyclic) bond motifs is 1. The van der Waals surface area contributed by atoms with Crippen LogP contribution < -0.4 is 10.1 Å². The monoisotopic (exact) mass is 309 g/mol. The van der Waals surface area contributed by atoms with Crippen molar-refractivity contribution in [2.45, 2.75) is 6.54 Å². The van der Waals surface area contributed by atoms with Gasteiger partial charge in [0, 0.05) is 28.9 Å². The van der Waals surface area contributed by atoms with E-state index in [1.54, 1.807) is 54.4 Å². The summed E-state index contributed by atoms with van der Waals surface area (Å²) in [5, 5.41) is 3.48. The van der Waals surface area contributed by atoms with Gasteiger partial charge in [-0.25, -0.2) is 4.98 Å². The highest BCUT2D eigenvalue weighted by Gasteiger charge is 2.12. The average Bonchev–Trinajstić information content (AvgIpc) is 2.92. The Bertz CT molecular complexity index is 856. The standard InChI is InChI=1S/C17H15N3O3/c1-23-13-5-6-15-14(8-13)12(11-21)9-20(15)10-17(22)19-16-4-2-3-7-18-16/h2-9,11H,10H2,1H3,(H,18,19,22). The topological polar surface area (TPSA) is 73.2 Å². The molecule has 0 bridgehead atoms. The van der Waals surface area contributed by atoms with Crippen molar-refractivity contribution in [2.24, 2.45) is 0 Å². The maximum Gasteiger partial charge on any atom is 0.245 e. The van der Waals surface area contributed by atoms with Crippen molar-refractivity contribution in [1.29, 1.82) is 0 Å². The summed E-state index contributed by atoms with van der Waals surface area (Å²) >= 11 is 0. The van der Waals surface area contributed by atoms with Gasteiger partial charge in [-0.15, -0.1) is 0 Å². The molecule has 2 heterocycles.